The molecule has 0 bridgehead atoms. The summed E-state index contributed by atoms with van der Waals surface area (Å²) in [4.78, 5) is 22.0. The maximum atomic E-state index is 11.0. The summed E-state index contributed by atoms with van der Waals surface area (Å²) in [5.74, 6) is 1.13. The van der Waals surface area contributed by atoms with Crippen molar-refractivity contribution >= 4 is 18.5 Å². The van der Waals surface area contributed by atoms with E-state index in [4.69, 9.17) is 15.7 Å². The molecule has 1 rings (SSSR count). The van der Waals surface area contributed by atoms with E-state index in [1.807, 2.05) is 0 Å². The predicted octanol–water partition coefficient (Wildman–Crippen LogP) is 0.245. The van der Waals surface area contributed by atoms with Crippen LogP contribution in [-0.2, 0) is 18.9 Å². The highest BCUT2D eigenvalue weighted by molar-refractivity contribution is 6.79. The van der Waals surface area contributed by atoms with Crippen molar-refractivity contribution in [2.75, 3.05) is 0 Å². The van der Waals surface area contributed by atoms with Crippen LogP contribution in [0.25, 0.3) is 0 Å². The molecule has 0 atom stereocenters. The van der Waals surface area contributed by atoms with Gasteiger partial charge in [-0.3, -0.25) is 9.59 Å². The maximum Gasteiger partial charge on any atom is 0.627 e. The van der Waals surface area contributed by atoms with Crippen LogP contribution in [0, 0.1) is 19.1 Å². The zero-order valence-electron chi connectivity index (χ0n) is 7.12. The van der Waals surface area contributed by atoms with Crippen molar-refractivity contribution in [1.82, 2.24) is 0 Å². The molecule has 1 heterocycles. The zero-order valence-corrected chi connectivity index (χ0v) is 7.12. The quantitative estimate of drug-likeness (QED) is 0.304. The van der Waals surface area contributed by atoms with E-state index in [0.717, 1.165) is 0 Å². The smallest absolute Gasteiger partial charge is 0.606 e. The monoisotopic (exact) mass is 180 g/mol. The van der Waals surface area contributed by atoms with Crippen molar-refractivity contribution in [2.45, 2.75) is 19.3 Å². The van der Waals surface area contributed by atoms with E-state index in [2.05, 4.69) is 12.6 Å². The minimum Gasteiger partial charge on any atom is -0.606 e. The highest BCUT2D eigenvalue weighted by Crippen LogP contribution is 2.13. The Kier molecular flexibility index (Phi) is 2.52. The van der Waals surface area contributed by atoms with Crippen molar-refractivity contribution in [3.05, 3.63) is 6.82 Å². The average molecular weight is 180 g/mol. The van der Waals surface area contributed by atoms with Crippen LogP contribution >= 0.6 is 0 Å². The molecule has 0 saturated carbocycles. The molecule has 5 heteroatoms. The second-order valence-electron chi connectivity index (χ2n) is 2.87. The van der Waals surface area contributed by atoms with Crippen molar-refractivity contribution in [3.63, 3.8) is 0 Å². The van der Waals surface area contributed by atoms with E-state index < -0.39 is 18.5 Å². The molecule has 0 radical (unpaired) electrons. The Morgan fingerprint density at radius 3 is 2.15 bits per heavy atom. The number of carbonyl (C=O) groups excluding carboxylic acids is 2. The molecule has 0 aliphatic carbocycles. The molecule has 1 aliphatic rings. The van der Waals surface area contributed by atoms with Gasteiger partial charge in [-0.25, -0.2) is 0 Å². The molecule has 1 aliphatic heterocycles. The molecule has 1 fully saturated rings. The standard InChI is InChI=1S/C8H9BO4/c1-3-9(2)12-7(10)5-4-6-8(11)13-9/h1H,2,4-6H2. The second kappa shape index (κ2) is 3.44. The molecule has 0 N–H and O–H groups in total. The predicted molar refractivity (Wildman–Crippen MR) is 46.0 cm³/mol. The second-order valence-corrected chi connectivity index (χ2v) is 2.87. The Morgan fingerprint density at radius 1 is 1.31 bits per heavy atom. The molecule has 13 heavy (non-hydrogen) atoms. The van der Waals surface area contributed by atoms with E-state index in [1.54, 1.807) is 0 Å². The van der Waals surface area contributed by atoms with Crippen LogP contribution in [0.2, 0.25) is 0 Å². The van der Waals surface area contributed by atoms with E-state index in [-0.39, 0.29) is 12.8 Å². The minimum atomic E-state index is -2.44. The largest absolute Gasteiger partial charge is 0.627 e. The molecule has 1 saturated heterocycles. The lowest BCUT2D eigenvalue weighted by Gasteiger charge is -2.27. The normalized spacial score (nSPS) is 21.8. The van der Waals surface area contributed by atoms with Gasteiger partial charge in [0.25, 0.3) is 11.9 Å². The Balaban J connectivity index is 2.77. The molecule has 68 valence electrons. The first-order chi connectivity index (χ1) is 6.06. The van der Waals surface area contributed by atoms with Crippen LogP contribution < -0.4 is 0 Å². The van der Waals surface area contributed by atoms with Gasteiger partial charge in [0.15, 0.2) is 0 Å². The third kappa shape index (κ3) is 2.44. The fraction of sp³-hybridized carbons (Fsp3) is 0.375. The highest BCUT2D eigenvalue weighted by atomic mass is 16.6. The van der Waals surface area contributed by atoms with Gasteiger partial charge in [0.1, 0.15) is 0 Å². The van der Waals surface area contributed by atoms with Crippen molar-refractivity contribution in [1.29, 1.82) is 0 Å². The maximum absolute atomic E-state index is 11.0. The van der Waals surface area contributed by atoms with Crippen LogP contribution in [0.15, 0.2) is 0 Å². The Morgan fingerprint density at radius 2 is 1.77 bits per heavy atom. The fourth-order valence-corrected chi connectivity index (χ4v) is 1.01. The minimum absolute atomic E-state index is 0.176. The third-order valence-corrected chi connectivity index (χ3v) is 1.66. The third-order valence-electron chi connectivity index (χ3n) is 1.66. The number of carbonyl (C=O) groups is 2. The van der Waals surface area contributed by atoms with E-state index in [0.29, 0.717) is 6.42 Å². The molecule has 0 aromatic carbocycles. The SMILES string of the molecule is C#C[B-]1([CH2+])OC(=O)CCCC(=O)O1. The van der Waals surface area contributed by atoms with Gasteiger partial charge in [-0.1, -0.05) is 0 Å². The van der Waals surface area contributed by atoms with Gasteiger partial charge in [-0.05, 0) is 13.2 Å². The van der Waals surface area contributed by atoms with Gasteiger partial charge in [0, 0.05) is 12.8 Å². The lowest BCUT2D eigenvalue weighted by Crippen LogP contribution is -2.43. The van der Waals surface area contributed by atoms with Gasteiger partial charge in [-0.15, -0.1) is 0 Å². The van der Waals surface area contributed by atoms with Crippen LogP contribution in [0.1, 0.15) is 19.3 Å². The van der Waals surface area contributed by atoms with Crippen LogP contribution in [0.5, 0.6) is 0 Å². The Labute approximate surface area is 76.6 Å². The van der Waals surface area contributed by atoms with Crippen molar-refractivity contribution in [2.24, 2.45) is 0 Å². The van der Waals surface area contributed by atoms with E-state index in [9.17, 15) is 9.59 Å². The lowest BCUT2D eigenvalue weighted by atomic mass is 9.61. The number of terminal acetylenes is 1. The first-order valence-corrected chi connectivity index (χ1v) is 3.98. The summed E-state index contributed by atoms with van der Waals surface area (Å²) in [6.07, 6.45) is 5.82. The molecule has 0 aromatic heterocycles. The summed E-state index contributed by atoms with van der Waals surface area (Å²) in [5.41, 5.74) is 0. The summed E-state index contributed by atoms with van der Waals surface area (Å²) in [6, 6.07) is 0. The van der Waals surface area contributed by atoms with Crippen LogP contribution in [-0.4, -0.2) is 18.5 Å². The Bertz CT molecular complexity index is 260. The number of hydrogen-bond acceptors (Lipinski definition) is 4. The summed E-state index contributed by atoms with van der Waals surface area (Å²) in [6.45, 7) is 0.951. The van der Waals surface area contributed by atoms with Gasteiger partial charge >= 0.3 is 6.55 Å². The Hall–Kier alpha value is -1.57. The van der Waals surface area contributed by atoms with Crippen LogP contribution in [0.4, 0.5) is 0 Å². The zero-order chi connectivity index (χ0) is 9.90. The van der Waals surface area contributed by atoms with Gasteiger partial charge in [-0.2, -0.15) is 12.2 Å². The van der Waals surface area contributed by atoms with Crippen LogP contribution in [0.3, 0.4) is 0 Å². The summed E-state index contributed by atoms with van der Waals surface area (Å²) < 4.78 is 9.46. The first-order valence-electron chi connectivity index (χ1n) is 3.98. The van der Waals surface area contributed by atoms with E-state index >= 15 is 0 Å². The van der Waals surface area contributed by atoms with Gasteiger partial charge in [0.05, 0.1) is 0 Å². The highest BCUT2D eigenvalue weighted by Gasteiger charge is 2.38. The molecule has 4 nitrogen and oxygen atoms in total. The molecule has 0 amide bonds. The first kappa shape index (κ1) is 9.52. The number of hydrogen-bond donors (Lipinski definition) is 0. The summed E-state index contributed by atoms with van der Waals surface area (Å²) in [5, 5.41) is 0. The molecular weight excluding hydrogens is 171 g/mol. The fourth-order valence-electron chi connectivity index (χ4n) is 1.01. The van der Waals surface area contributed by atoms with Gasteiger partial charge < -0.3 is 9.31 Å². The molecule has 0 unspecified atom stereocenters. The molecule has 0 aromatic rings. The van der Waals surface area contributed by atoms with Crippen molar-refractivity contribution < 1.29 is 18.9 Å². The summed E-state index contributed by atoms with van der Waals surface area (Å²) >= 11 is 0. The average Bonchev–Trinajstić information content (AvgIpc) is 2.01. The number of rotatable bonds is 0. The van der Waals surface area contributed by atoms with Gasteiger partial charge in [0.2, 0.25) is 0 Å². The van der Waals surface area contributed by atoms with E-state index in [1.165, 1.54) is 0 Å². The molecule has 0 spiro atoms. The summed E-state index contributed by atoms with van der Waals surface area (Å²) in [7, 11) is 0. The molecular formula is C8H9BO4. The lowest BCUT2D eigenvalue weighted by molar-refractivity contribution is -0.143. The van der Waals surface area contributed by atoms with Crippen molar-refractivity contribution in [3.8, 4) is 12.2 Å². The topological polar surface area (TPSA) is 52.6 Å².